The van der Waals surface area contributed by atoms with Crippen LogP contribution < -0.4 is 0 Å². The first-order valence-corrected chi connectivity index (χ1v) is 10.1. The van der Waals surface area contributed by atoms with Gasteiger partial charge in [-0.2, -0.15) is 0 Å². The molecular formula is C24H15N3O2S. The average molecular weight is 409 g/mol. The number of fused-ring (bicyclic) bond motifs is 1. The van der Waals surface area contributed by atoms with E-state index in [1.54, 1.807) is 12.1 Å². The van der Waals surface area contributed by atoms with Crippen molar-refractivity contribution >= 4 is 27.4 Å². The molecule has 0 saturated heterocycles. The number of nitro groups is 1. The van der Waals surface area contributed by atoms with E-state index in [9.17, 15) is 10.1 Å². The molecule has 0 spiro atoms. The van der Waals surface area contributed by atoms with Crippen molar-refractivity contribution in [2.45, 2.75) is 0 Å². The molecule has 4 aromatic carbocycles. The lowest BCUT2D eigenvalue weighted by Crippen LogP contribution is -1.88. The van der Waals surface area contributed by atoms with E-state index in [0.29, 0.717) is 0 Å². The van der Waals surface area contributed by atoms with Crippen molar-refractivity contribution in [1.29, 1.82) is 0 Å². The highest BCUT2D eigenvalue weighted by Crippen LogP contribution is 2.36. The van der Waals surface area contributed by atoms with Crippen molar-refractivity contribution in [2.24, 2.45) is 0 Å². The number of non-ortho nitro benzene ring substituents is 1. The van der Waals surface area contributed by atoms with Crippen molar-refractivity contribution in [3.05, 3.63) is 101 Å². The van der Waals surface area contributed by atoms with Crippen molar-refractivity contribution < 1.29 is 4.92 Å². The van der Waals surface area contributed by atoms with Gasteiger partial charge in [0.05, 0.1) is 9.62 Å². The number of hydrogen-bond acceptors (Lipinski definition) is 5. The van der Waals surface area contributed by atoms with Crippen LogP contribution in [0.3, 0.4) is 0 Å². The number of aromatic nitrogens is 2. The summed E-state index contributed by atoms with van der Waals surface area (Å²) in [6.07, 6.45) is 0. The molecule has 0 unspecified atom stereocenters. The van der Waals surface area contributed by atoms with Gasteiger partial charge in [-0.25, -0.2) is 0 Å². The van der Waals surface area contributed by atoms with Crippen LogP contribution in [0.25, 0.3) is 43.6 Å². The van der Waals surface area contributed by atoms with Gasteiger partial charge in [0.2, 0.25) is 0 Å². The Balaban J connectivity index is 1.58. The third-order valence-corrected chi connectivity index (χ3v) is 5.84. The number of nitro benzene ring substituents is 1. The lowest BCUT2D eigenvalue weighted by Gasteiger charge is -2.09. The van der Waals surface area contributed by atoms with E-state index in [4.69, 9.17) is 0 Å². The molecule has 0 atom stereocenters. The number of benzene rings is 4. The Kier molecular flexibility index (Phi) is 4.53. The fourth-order valence-electron chi connectivity index (χ4n) is 3.52. The van der Waals surface area contributed by atoms with Gasteiger partial charge in [0, 0.05) is 17.7 Å². The van der Waals surface area contributed by atoms with Crippen LogP contribution in [0.15, 0.2) is 91.0 Å². The van der Waals surface area contributed by atoms with Gasteiger partial charge in [-0.3, -0.25) is 10.1 Å². The van der Waals surface area contributed by atoms with E-state index in [1.807, 2.05) is 24.3 Å². The molecule has 0 N–H and O–H groups in total. The van der Waals surface area contributed by atoms with Crippen LogP contribution in [0.5, 0.6) is 0 Å². The first kappa shape index (κ1) is 18.1. The number of hydrogen-bond donors (Lipinski definition) is 0. The van der Waals surface area contributed by atoms with E-state index >= 15 is 0 Å². The highest BCUT2D eigenvalue weighted by Gasteiger charge is 2.13. The van der Waals surface area contributed by atoms with E-state index in [2.05, 4.69) is 52.1 Å². The van der Waals surface area contributed by atoms with Crippen LogP contribution in [0.1, 0.15) is 0 Å². The van der Waals surface area contributed by atoms with Crippen molar-refractivity contribution in [1.82, 2.24) is 9.59 Å². The normalized spacial score (nSPS) is 10.9. The fraction of sp³-hybridized carbons (Fsp3) is 0. The molecule has 0 bridgehead atoms. The molecule has 5 rings (SSSR count). The monoisotopic (exact) mass is 409 g/mol. The number of rotatable bonds is 4. The van der Waals surface area contributed by atoms with Crippen LogP contribution in [0, 0.1) is 10.1 Å². The van der Waals surface area contributed by atoms with Gasteiger partial charge >= 0.3 is 0 Å². The maximum Gasteiger partial charge on any atom is 0.269 e. The van der Waals surface area contributed by atoms with Crippen LogP contribution >= 0.6 is 11.5 Å². The SMILES string of the molecule is O=[N+]([O-])c1ccc(-c2cc(-c3ccc(-c4ccccc4)cc3)cc3nnsc23)cc1. The van der Waals surface area contributed by atoms with Gasteiger partial charge < -0.3 is 0 Å². The van der Waals surface area contributed by atoms with Gasteiger partial charge in [0.15, 0.2) is 0 Å². The minimum absolute atomic E-state index is 0.0741. The summed E-state index contributed by atoms with van der Waals surface area (Å²) < 4.78 is 5.07. The lowest BCUT2D eigenvalue weighted by atomic mass is 9.96. The zero-order chi connectivity index (χ0) is 20.5. The molecule has 0 aliphatic carbocycles. The molecule has 6 heteroatoms. The zero-order valence-corrected chi connectivity index (χ0v) is 16.5. The number of nitrogens with zero attached hydrogens (tertiary/aromatic N) is 3. The molecule has 0 radical (unpaired) electrons. The van der Waals surface area contributed by atoms with E-state index < -0.39 is 4.92 Å². The smallest absolute Gasteiger partial charge is 0.258 e. The topological polar surface area (TPSA) is 68.9 Å². The summed E-state index contributed by atoms with van der Waals surface area (Å²) >= 11 is 1.33. The standard InChI is InChI=1S/C24H15N3O2S/c28-27(29)21-12-10-19(11-13-21)22-14-20(15-23-24(22)30-26-25-23)18-8-6-17(7-9-18)16-4-2-1-3-5-16/h1-15H. The molecule has 0 amide bonds. The summed E-state index contributed by atoms with van der Waals surface area (Å²) in [5.74, 6) is 0. The maximum atomic E-state index is 11.0. The summed E-state index contributed by atoms with van der Waals surface area (Å²) in [5.41, 5.74) is 7.21. The van der Waals surface area contributed by atoms with E-state index in [0.717, 1.165) is 38.0 Å². The third kappa shape index (κ3) is 3.33. The van der Waals surface area contributed by atoms with Gasteiger partial charge in [0.25, 0.3) is 5.69 Å². The fourth-order valence-corrected chi connectivity index (χ4v) is 4.20. The molecule has 144 valence electrons. The first-order chi connectivity index (χ1) is 14.7. The Hall–Kier alpha value is -3.90. The van der Waals surface area contributed by atoms with Gasteiger partial charge in [-0.15, -0.1) is 5.10 Å². The predicted octanol–water partition coefficient (Wildman–Crippen LogP) is 6.60. The minimum atomic E-state index is -0.391. The van der Waals surface area contributed by atoms with Gasteiger partial charge in [-0.05, 0) is 63.6 Å². The summed E-state index contributed by atoms with van der Waals surface area (Å²) in [4.78, 5) is 10.6. The molecule has 5 nitrogen and oxygen atoms in total. The minimum Gasteiger partial charge on any atom is -0.258 e. The Bertz CT molecular complexity index is 1350. The van der Waals surface area contributed by atoms with Crippen LogP contribution in [-0.4, -0.2) is 14.5 Å². The highest BCUT2D eigenvalue weighted by molar-refractivity contribution is 7.13. The Morgan fingerprint density at radius 3 is 1.97 bits per heavy atom. The molecule has 0 aliphatic rings. The van der Waals surface area contributed by atoms with E-state index in [1.165, 1.54) is 29.2 Å². The van der Waals surface area contributed by atoms with Crippen molar-refractivity contribution in [3.8, 4) is 33.4 Å². The maximum absolute atomic E-state index is 11.0. The van der Waals surface area contributed by atoms with Gasteiger partial charge in [-0.1, -0.05) is 59.1 Å². The van der Waals surface area contributed by atoms with Crippen molar-refractivity contribution in [3.63, 3.8) is 0 Å². The molecule has 0 saturated carbocycles. The molecule has 30 heavy (non-hydrogen) atoms. The Morgan fingerprint density at radius 1 is 0.700 bits per heavy atom. The second kappa shape index (κ2) is 7.50. The molecule has 1 aromatic heterocycles. The van der Waals surface area contributed by atoms with Crippen LogP contribution in [-0.2, 0) is 0 Å². The first-order valence-electron chi connectivity index (χ1n) is 9.36. The predicted molar refractivity (Wildman–Crippen MR) is 120 cm³/mol. The van der Waals surface area contributed by atoms with Crippen LogP contribution in [0.2, 0.25) is 0 Å². The molecular weight excluding hydrogens is 394 g/mol. The lowest BCUT2D eigenvalue weighted by molar-refractivity contribution is -0.384. The summed E-state index contributed by atoms with van der Waals surface area (Å²) in [6.45, 7) is 0. The molecule has 0 aliphatic heterocycles. The molecule has 1 heterocycles. The Labute approximate surface area is 176 Å². The Morgan fingerprint density at radius 2 is 1.30 bits per heavy atom. The van der Waals surface area contributed by atoms with E-state index in [-0.39, 0.29) is 5.69 Å². The second-order valence-electron chi connectivity index (χ2n) is 6.89. The molecule has 0 fully saturated rings. The van der Waals surface area contributed by atoms with Crippen LogP contribution in [0.4, 0.5) is 5.69 Å². The third-order valence-electron chi connectivity index (χ3n) is 5.06. The molecule has 5 aromatic rings. The van der Waals surface area contributed by atoms with Crippen molar-refractivity contribution in [2.75, 3.05) is 0 Å². The average Bonchev–Trinajstić information content (AvgIpc) is 3.28. The zero-order valence-electron chi connectivity index (χ0n) is 15.7. The summed E-state index contributed by atoms with van der Waals surface area (Å²) in [6, 6.07) is 29.4. The highest BCUT2D eigenvalue weighted by atomic mass is 32.1. The van der Waals surface area contributed by atoms with Gasteiger partial charge in [0.1, 0.15) is 5.52 Å². The summed E-state index contributed by atoms with van der Waals surface area (Å²) in [5, 5.41) is 15.2. The largest absolute Gasteiger partial charge is 0.269 e. The summed E-state index contributed by atoms with van der Waals surface area (Å²) in [7, 11) is 0. The second-order valence-corrected chi connectivity index (χ2v) is 7.65. The quantitative estimate of drug-likeness (QED) is 0.248.